The number of halogens is 2. The summed E-state index contributed by atoms with van der Waals surface area (Å²) in [6.45, 7) is 0. The first-order valence-corrected chi connectivity index (χ1v) is 4.92. The zero-order valence-corrected chi connectivity index (χ0v) is 9.22. The summed E-state index contributed by atoms with van der Waals surface area (Å²) in [6.07, 6.45) is 0. The lowest BCUT2D eigenvalue weighted by molar-refractivity contribution is 1.09. The van der Waals surface area contributed by atoms with Gasteiger partial charge in [-0.15, -0.1) is 0 Å². The van der Waals surface area contributed by atoms with Crippen LogP contribution in [0, 0.1) is 15.0 Å². The van der Waals surface area contributed by atoms with Gasteiger partial charge in [-0.1, -0.05) is 11.6 Å². The van der Waals surface area contributed by atoms with E-state index in [1.165, 1.54) is 0 Å². The molecule has 3 nitrogen and oxygen atoms in total. The van der Waals surface area contributed by atoms with Gasteiger partial charge in [0.1, 0.15) is 9.77 Å². The highest BCUT2D eigenvalue weighted by Crippen LogP contribution is 2.28. The zero-order chi connectivity index (χ0) is 9.42. The van der Waals surface area contributed by atoms with Crippen LogP contribution in [0.4, 0.5) is 0 Å². The number of rotatable bonds is 0. The van der Waals surface area contributed by atoms with Gasteiger partial charge in [0.2, 0.25) is 0 Å². The Hall–Kier alpha value is -0.800. The number of nitrogens with zero attached hydrogens (tertiary/aromatic N) is 2. The van der Waals surface area contributed by atoms with Gasteiger partial charge < -0.3 is 0 Å². The van der Waals surface area contributed by atoms with Gasteiger partial charge in [-0.3, -0.25) is 5.10 Å². The molecule has 0 fully saturated rings. The summed E-state index contributed by atoms with van der Waals surface area (Å²) in [5.74, 6) is 0. The highest BCUT2D eigenvalue weighted by Gasteiger charge is 2.10. The number of hydrogen-bond acceptors (Lipinski definition) is 2. The van der Waals surface area contributed by atoms with E-state index in [0.29, 0.717) is 10.6 Å². The number of nitrogens with one attached hydrogen (secondary N) is 1. The van der Waals surface area contributed by atoms with Crippen molar-refractivity contribution in [2.45, 2.75) is 0 Å². The summed E-state index contributed by atoms with van der Waals surface area (Å²) in [5.41, 5.74) is 1.27. The van der Waals surface area contributed by atoms with E-state index < -0.39 is 0 Å². The Labute approximate surface area is 92.8 Å². The Morgan fingerprint density at radius 2 is 2.31 bits per heavy atom. The third-order valence-electron chi connectivity index (χ3n) is 1.73. The predicted molar refractivity (Wildman–Crippen MR) is 58.5 cm³/mol. The molecule has 0 amide bonds. The minimum Gasteiger partial charge on any atom is -0.271 e. The first-order chi connectivity index (χ1) is 6.24. The third kappa shape index (κ3) is 1.28. The summed E-state index contributed by atoms with van der Waals surface area (Å²) in [5, 5.41) is 16.9. The smallest absolute Gasteiger partial charge is 0.105 e. The summed E-state index contributed by atoms with van der Waals surface area (Å²) in [7, 11) is 0. The molecule has 0 unspecified atom stereocenters. The Morgan fingerprint density at radius 1 is 1.54 bits per heavy atom. The normalized spacial score (nSPS) is 10.2. The second-order valence-corrected chi connectivity index (χ2v) is 3.93. The van der Waals surface area contributed by atoms with Crippen molar-refractivity contribution in [1.82, 2.24) is 10.2 Å². The molecule has 2 rings (SSSR count). The van der Waals surface area contributed by atoms with Gasteiger partial charge in [0.15, 0.2) is 0 Å². The SMILES string of the molecule is N#Cc1ccc2n[nH]c(I)c2c1Cl. The van der Waals surface area contributed by atoms with E-state index in [9.17, 15) is 0 Å². The first kappa shape index (κ1) is 8.78. The van der Waals surface area contributed by atoms with Crippen molar-refractivity contribution in [3.05, 3.63) is 26.4 Å². The molecular formula is C8H3ClIN3. The molecule has 0 aliphatic carbocycles. The van der Waals surface area contributed by atoms with E-state index in [-0.39, 0.29) is 0 Å². The van der Waals surface area contributed by atoms with Gasteiger partial charge in [-0.2, -0.15) is 10.4 Å². The standard InChI is InChI=1S/C8H3ClIN3/c9-7-4(3-11)1-2-5-6(7)8(10)13-12-5/h1-2H,(H,12,13). The number of fused-ring (bicyclic) bond motifs is 1. The molecule has 0 radical (unpaired) electrons. The number of benzene rings is 1. The fourth-order valence-corrected chi connectivity index (χ4v) is 2.24. The monoisotopic (exact) mass is 303 g/mol. The molecule has 0 atom stereocenters. The van der Waals surface area contributed by atoms with Crippen LogP contribution in [0.2, 0.25) is 5.02 Å². The van der Waals surface area contributed by atoms with Crippen molar-refractivity contribution in [3.8, 4) is 6.07 Å². The molecule has 0 aliphatic rings. The lowest BCUT2D eigenvalue weighted by atomic mass is 10.2. The molecule has 0 spiro atoms. The predicted octanol–water partition coefficient (Wildman–Crippen LogP) is 2.69. The summed E-state index contributed by atoms with van der Waals surface area (Å²) >= 11 is 8.10. The van der Waals surface area contributed by atoms with Crippen molar-refractivity contribution >= 4 is 45.1 Å². The maximum Gasteiger partial charge on any atom is 0.105 e. The van der Waals surface area contributed by atoms with Crippen molar-refractivity contribution in [1.29, 1.82) is 5.26 Å². The van der Waals surface area contributed by atoms with Crippen LogP contribution in [0.1, 0.15) is 5.56 Å². The molecule has 5 heteroatoms. The van der Waals surface area contributed by atoms with Crippen LogP contribution in [0.3, 0.4) is 0 Å². The van der Waals surface area contributed by atoms with E-state index in [0.717, 1.165) is 14.6 Å². The van der Waals surface area contributed by atoms with E-state index >= 15 is 0 Å². The number of aromatic amines is 1. The Bertz CT molecular complexity index is 512. The van der Waals surface area contributed by atoms with E-state index in [1.807, 2.05) is 6.07 Å². The van der Waals surface area contributed by atoms with Crippen molar-refractivity contribution in [3.63, 3.8) is 0 Å². The zero-order valence-electron chi connectivity index (χ0n) is 6.31. The topological polar surface area (TPSA) is 52.5 Å². The van der Waals surface area contributed by atoms with Crippen LogP contribution < -0.4 is 0 Å². The largest absolute Gasteiger partial charge is 0.271 e. The quantitative estimate of drug-likeness (QED) is 0.761. The third-order valence-corrected chi connectivity index (χ3v) is 2.91. The van der Waals surface area contributed by atoms with Gasteiger partial charge in [0.05, 0.1) is 21.5 Å². The van der Waals surface area contributed by atoms with E-state index in [4.69, 9.17) is 16.9 Å². The molecule has 1 aromatic carbocycles. The minimum atomic E-state index is 0.471. The molecule has 0 aliphatic heterocycles. The van der Waals surface area contributed by atoms with Crippen LogP contribution in [0.25, 0.3) is 10.9 Å². The molecule has 0 saturated heterocycles. The molecular weight excluding hydrogens is 300 g/mol. The summed E-state index contributed by atoms with van der Waals surface area (Å²) in [6, 6.07) is 5.47. The molecule has 2 aromatic rings. The van der Waals surface area contributed by atoms with Crippen molar-refractivity contribution in [2.24, 2.45) is 0 Å². The van der Waals surface area contributed by atoms with Crippen LogP contribution in [-0.4, -0.2) is 10.2 Å². The average molecular weight is 303 g/mol. The van der Waals surface area contributed by atoms with Crippen molar-refractivity contribution < 1.29 is 0 Å². The number of hydrogen-bond donors (Lipinski definition) is 1. The Kier molecular flexibility index (Phi) is 2.14. The summed E-state index contributed by atoms with van der Waals surface area (Å²) < 4.78 is 0.856. The lowest BCUT2D eigenvalue weighted by Gasteiger charge is -1.95. The van der Waals surface area contributed by atoms with Crippen LogP contribution in [0.5, 0.6) is 0 Å². The molecule has 1 heterocycles. The van der Waals surface area contributed by atoms with Gasteiger partial charge in [0.25, 0.3) is 0 Å². The minimum absolute atomic E-state index is 0.471. The Balaban J connectivity index is 2.93. The maximum atomic E-state index is 8.74. The fraction of sp³-hybridized carbons (Fsp3) is 0. The first-order valence-electron chi connectivity index (χ1n) is 3.46. The number of H-pyrrole nitrogens is 1. The van der Waals surface area contributed by atoms with Gasteiger partial charge in [-0.05, 0) is 34.7 Å². The average Bonchev–Trinajstić information content (AvgIpc) is 2.49. The number of aromatic nitrogens is 2. The van der Waals surface area contributed by atoms with Gasteiger partial charge >= 0.3 is 0 Å². The van der Waals surface area contributed by atoms with Gasteiger partial charge in [-0.25, -0.2) is 0 Å². The lowest BCUT2D eigenvalue weighted by Crippen LogP contribution is -1.78. The van der Waals surface area contributed by atoms with Crippen molar-refractivity contribution in [2.75, 3.05) is 0 Å². The molecule has 0 bridgehead atoms. The molecule has 13 heavy (non-hydrogen) atoms. The van der Waals surface area contributed by atoms with Crippen LogP contribution >= 0.6 is 34.2 Å². The van der Waals surface area contributed by atoms with E-state index in [1.54, 1.807) is 12.1 Å². The molecule has 64 valence electrons. The van der Waals surface area contributed by atoms with E-state index in [2.05, 4.69) is 32.8 Å². The maximum absolute atomic E-state index is 8.74. The number of nitriles is 1. The molecule has 1 N–H and O–H groups in total. The summed E-state index contributed by atoms with van der Waals surface area (Å²) in [4.78, 5) is 0. The highest BCUT2D eigenvalue weighted by molar-refractivity contribution is 14.1. The van der Waals surface area contributed by atoms with Crippen LogP contribution in [-0.2, 0) is 0 Å². The second kappa shape index (κ2) is 3.16. The van der Waals surface area contributed by atoms with Crippen LogP contribution in [0.15, 0.2) is 12.1 Å². The fourth-order valence-electron chi connectivity index (χ4n) is 1.12. The van der Waals surface area contributed by atoms with Gasteiger partial charge in [0, 0.05) is 0 Å². The second-order valence-electron chi connectivity index (χ2n) is 2.47. The molecule has 1 aromatic heterocycles. The Morgan fingerprint density at radius 3 is 3.00 bits per heavy atom. The highest BCUT2D eigenvalue weighted by atomic mass is 127. The molecule has 0 saturated carbocycles.